The number of benzene rings is 2. The average Bonchev–Trinajstić information content (AvgIpc) is 2.87. The summed E-state index contributed by atoms with van der Waals surface area (Å²) in [5.41, 5.74) is 5.96. The van der Waals surface area contributed by atoms with Gasteiger partial charge in [0.2, 0.25) is 0 Å². The van der Waals surface area contributed by atoms with Crippen molar-refractivity contribution in [2.75, 3.05) is 18.5 Å². The van der Waals surface area contributed by atoms with Crippen LogP contribution in [0.25, 0.3) is 11.1 Å². The number of carbonyl (C=O) groups excluding carboxylic acids is 1. The third kappa shape index (κ3) is 2.22. The summed E-state index contributed by atoms with van der Waals surface area (Å²) in [5.74, 6) is 0.201. The molecule has 2 nitrogen and oxygen atoms in total. The average molecular weight is 265 g/mol. The van der Waals surface area contributed by atoms with Crippen LogP contribution in [0.1, 0.15) is 29.3 Å². The maximum atomic E-state index is 11.6. The zero-order valence-corrected chi connectivity index (χ0v) is 12.0. The monoisotopic (exact) mass is 265 g/mol. The van der Waals surface area contributed by atoms with Crippen molar-refractivity contribution in [2.24, 2.45) is 0 Å². The van der Waals surface area contributed by atoms with E-state index in [0.717, 1.165) is 18.5 Å². The van der Waals surface area contributed by atoms with E-state index < -0.39 is 0 Å². The number of ketones is 1. The molecule has 0 spiro atoms. The van der Waals surface area contributed by atoms with Gasteiger partial charge in [-0.1, -0.05) is 37.3 Å². The lowest BCUT2D eigenvalue weighted by atomic mass is 9.99. The molecule has 0 saturated carbocycles. The first-order valence-corrected chi connectivity index (χ1v) is 7.16. The lowest BCUT2D eigenvalue weighted by molar-refractivity contribution is 0.0988. The maximum Gasteiger partial charge on any atom is 0.162 e. The van der Waals surface area contributed by atoms with Crippen LogP contribution >= 0.6 is 0 Å². The standard InChI is InChI=1S/C18H19NO/c1-3-18(20)14-6-4-13(5-7-14)15-8-9-17-16(12-15)10-11-19(17)2/h4-9,12H,3,10-11H2,1-2H3. The van der Waals surface area contributed by atoms with Gasteiger partial charge in [0.25, 0.3) is 0 Å². The zero-order chi connectivity index (χ0) is 14.1. The zero-order valence-electron chi connectivity index (χ0n) is 12.0. The number of carbonyl (C=O) groups is 1. The van der Waals surface area contributed by atoms with E-state index in [-0.39, 0.29) is 5.78 Å². The molecule has 1 aliphatic rings. The predicted octanol–water partition coefficient (Wildman–Crippen LogP) is 3.94. The molecule has 2 heteroatoms. The number of Topliss-reactive ketones (excluding diaryl/α,β-unsaturated/α-hetero) is 1. The SMILES string of the molecule is CCC(=O)c1ccc(-c2ccc3c(c2)CCN3C)cc1. The molecule has 0 fully saturated rings. The van der Waals surface area contributed by atoms with Gasteiger partial charge in [0.15, 0.2) is 5.78 Å². The molecular formula is C18H19NO. The van der Waals surface area contributed by atoms with Gasteiger partial charge < -0.3 is 4.90 Å². The Hall–Kier alpha value is -2.09. The molecule has 0 bridgehead atoms. The summed E-state index contributed by atoms with van der Waals surface area (Å²) in [7, 11) is 2.14. The number of anilines is 1. The van der Waals surface area contributed by atoms with Crippen molar-refractivity contribution in [3.63, 3.8) is 0 Å². The summed E-state index contributed by atoms with van der Waals surface area (Å²) >= 11 is 0. The summed E-state index contributed by atoms with van der Waals surface area (Å²) in [5, 5.41) is 0. The van der Waals surface area contributed by atoms with Gasteiger partial charge in [0.05, 0.1) is 0 Å². The van der Waals surface area contributed by atoms with Gasteiger partial charge >= 0.3 is 0 Å². The first kappa shape index (κ1) is 12.9. The summed E-state index contributed by atoms with van der Waals surface area (Å²) in [6.45, 7) is 3.00. The molecule has 20 heavy (non-hydrogen) atoms. The molecule has 0 radical (unpaired) electrons. The first-order valence-electron chi connectivity index (χ1n) is 7.16. The van der Waals surface area contributed by atoms with Crippen molar-refractivity contribution >= 4 is 11.5 Å². The topological polar surface area (TPSA) is 20.3 Å². The van der Waals surface area contributed by atoms with Crippen LogP contribution in [-0.2, 0) is 6.42 Å². The molecule has 1 aliphatic heterocycles. The Balaban J connectivity index is 1.92. The number of hydrogen-bond donors (Lipinski definition) is 0. The van der Waals surface area contributed by atoms with Gasteiger partial charge in [-0.15, -0.1) is 0 Å². The molecule has 0 atom stereocenters. The van der Waals surface area contributed by atoms with E-state index in [1.54, 1.807) is 0 Å². The third-order valence-electron chi connectivity index (χ3n) is 4.07. The minimum absolute atomic E-state index is 0.201. The van der Waals surface area contributed by atoms with E-state index in [1.165, 1.54) is 22.4 Å². The Bertz CT molecular complexity index is 643. The Morgan fingerprint density at radius 3 is 2.50 bits per heavy atom. The third-order valence-corrected chi connectivity index (χ3v) is 4.07. The maximum absolute atomic E-state index is 11.6. The summed E-state index contributed by atoms with van der Waals surface area (Å²) in [6.07, 6.45) is 1.68. The van der Waals surface area contributed by atoms with Crippen LogP contribution in [0.3, 0.4) is 0 Å². The fourth-order valence-electron chi connectivity index (χ4n) is 2.80. The number of likely N-dealkylation sites (N-methyl/N-ethyl adjacent to an activating group) is 1. The minimum atomic E-state index is 0.201. The van der Waals surface area contributed by atoms with Crippen LogP contribution in [0, 0.1) is 0 Å². The second-order valence-electron chi connectivity index (χ2n) is 5.37. The Labute approximate surface area is 120 Å². The summed E-state index contributed by atoms with van der Waals surface area (Å²) in [4.78, 5) is 13.9. The Morgan fingerprint density at radius 2 is 1.80 bits per heavy atom. The van der Waals surface area contributed by atoms with Gasteiger partial charge in [0, 0.05) is 31.3 Å². The highest BCUT2D eigenvalue weighted by Crippen LogP contribution is 2.31. The number of fused-ring (bicyclic) bond motifs is 1. The van der Waals surface area contributed by atoms with E-state index in [0.29, 0.717) is 6.42 Å². The van der Waals surface area contributed by atoms with Gasteiger partial charge in [0.1, 0.15) is 0 Å². The van der Waals surface area contributed by atoms with E-state index in [4.69, 9.17) is 0 Å². The Kier molecular flexibility index (Phi) is 3.31. The molecular weight excluding hydrogens is 246 g/mol. The molecule has 102 valence electrons. The fourth-order valence-corrected chi connectivity index (χ4v) is 2.80. The molecule has 2 aromatic carbocycles. The first-order chi connectivity index (χ1) is 9.69. The molecule has 3 rings (SSSR count). The number of rotatable bonds is 3. The van der Waals surface area contributed by atoms with Crippen LogP contribution < -0.4 is 4.90 Å². The molecule has 2 aromatic rings. The highest BCUT2D eigenvalue weighted by Gasteiger charge is 2.15. The van der Waals surface area contributed by atoms with E-state index in [2.05, 4.69) is 30.1 Å². The van der Waals surface area contributed by atoms with E-state index in [9.17, 15) is 4.79 Å². The number of nitrogens with zero attached hydrogens (tertiary/aromatic N) is 1. The van der Waals surface area contributed by atoms with E-state index >= 15 is 0 Å². The van der Waals surface area contributed by atoms with Crippen LogP contribution in [0.5, 0.6) is 0 Å². The predicted molar refractivity (Wildman–Crippen MR) is 83.5 cm³/mol. The van der Waals surface area contributed by atoms with Gasteiger partial charge in [-0.05, 0) is 35.2 Å². The molecule has 0 N–H and O–H groups in total. The second-order valence-corrected chi connectivity index (χ2v) is 5.37. The van der Waals surface area contributed by atoms with Crippen molar-refractivity contribution in [1.29, 1.82) is 0 Å². The van der Waals surface area contributed by atoms with Crippen molar-refractivity contribution in [3.8, 4) is 11.1 Å². The minimum Gasteiger partial charge on any atom is -0.374 e. The molecule has 0 aromatic heterocycles. The largest absolute Gasteiger partial charge is 0.374 e. The smallest absolute Gasteiger partial charge is 0.162 e. The summed E-state index contributed by atoms with van der Waals surface area (Å²) < 4.78 is 0. The number of hydrogen-bond acceptors (Lipinski definition) is 2. The van der Waals surface area contributed by atoms with Crippen LogP contribution in [0.15, 0.2) is 42.5 Å². The molecule has 1 heterocycles. The van der Waals surface area contributed by atoms with Crippen molar-refractivity contribution in [3.05, 3.63) is 53.6 Å². The van der Waals surface area contributed by atoms with Crippen LogP contribution in [-0.4, -0.2) is 19.4 Å². The van der Waals surface area contributed by atoms with E-state index in [1.807, 2.05) is 31.2 Å². The highest BCUT2D eigenvalue weighted by atomic mass is 16.1. The lowest BCUT2D eigenvalue weighted by Gasteiger charge is -2.12. The highest BCUT2D eigenvalue weighted by molar-refractivity contribution is 5.96. The van der Waals surface area contributed by atoms with Crippen molar-refractivity contribution < 1.29 is 4.79 Å². The Morgan fingerprint density at radius 1 is 1.10 bits per heavy atom. The van der Waals surface area contributed by atoms with Crippen LogP contribution in [0.4, 0.5) is 5.69 Å². The van der Waals surface area contributed by atoms with Crippen molar-refractivity contribution in [2.45, 2.75) is 19.8 Å². The normalized spacial score (nSPS) is 13.4. The quantitative estimate of drug-likeness (QED) is 0.783. The van der Waals surface area contributed by atoms with Crippen molar-refractivity contribution in [1.82, 2.24) is 0 Å². The molecule has 0 amide bonds. The van der Waals surface area contributed by atoms with Gasteiger partial charge in [-0.2, -0.15) is 0 Å². The molecule has 0 unspecified atom stereocenters. The molecule has 0 saturated heterocycles. The van der Waals surface area contributed by atoms with Gasteiger partial charge in [-0.3, -0.25) is 4.79 Å². The van der Waals surface area contributed by atoms with Gasteiger partial charge in [-0.25, -0.2) is 0 Å². The second kappa shape index (κ2) is 5.12. The molecule has 0 aliphatic carbocycles. The fraction of sp³-hybridized carbons (Fsp3) is 0.278. The van der Waals surface area contributed by atoms with Crippen LogP contribution in [0.2, 0.25) is 0 Å². The summed E-state index contributed by atoms with van der Waals surface area (Å²) in [6, 6.07) is 14.6. The lowest BCUT2D eigenvalue weighted by Crippen LogP contribution is -2.12.